The van der Waals surface area contributed by atoms with E-state index in [0.29, 0.717) is 28.4 Å². The monoisotopic (exact) mass is 245 g/mol. The van der Waals surface area contributed by atoms with Gasteiger partial charge in [0.15, 0.2) is 23.1 Å². The van der Waals surface area contributed by atoms with Crippen LogP contribution in [0, 0.1) is 11.3 Å². The molecular weight excluding hydrogens is 234 g/mol. The number of nitrogens with two attached hydrogens (primary N) is 1. The van der Waals surface area contributed by atoms with Crippen LogP contribution in [-0.4, -0.2) is 19.4 Å². The Morgan fingerprint density at radius 1 is 1.28 bits per heavy atom. The van der Waals surface area contributed by atoms with Crippen LogP contribution in [0.1, 0.15) is 5.56 Å². The molecule has 0 aliphatic rings. The van der Waals surface area contributed by atoms with Gasteiger partial charge in [-0.05, 0) is 6.07 Å². The number of aromatic nitrogens is 1. The number of nitrogen functional groups attached to an aromatic ring is 1. The molecule has 6 nitrogen and oxygen atoms in total. The van der Waals surface area contributed by atoms with Crippen molar-refractivity contribution in [3.05, 3.63) is 23.8 Å². The van der Waals surface area contributed by atoms with Crippen molar-refractivity contribution < 1.29 is 14.0 Å². The number of rotatable bonds is 3. The molecule has 0 aliphatic heterocycles. The van der Waals surface area contributed by atoms with Crippen molar-refractivity contribution >= 4 is 5.82 Å². The highest BCUT2D eigenvalue weighted by Gasteiger charge is 2.17. The highest BCUT2D eigenvalue weighted by Crippen LogP contribution is 2.39. The van der Waals surface area contributed by atoms with Gasteiger partial charge in [-0.3, -0.25) is 0 Å². The maximum Gasteiger partial charge on any atom is 0.172 e. The van der Waals surface area contributed by atoms with E-state index in [2.05, 4.69) is 5.16 Å². The van der Waals surface area contributed by atoms with Crippen LogP contribution in [0.15, 0.2) is 22.7 Å². The second kappa shape index (κ2) is 4.67. The quantitative estimate of drug-likeness (QED) is 0.886. The van der Waals surface area contributed by atoms with Crippen LogP contribution in [0.5, 0.6) is 11.5 Å². The Bertz CT molecular complexity index is 614. The second-order valence-corrected chi connectivity index (χ2v) is 3.49. The number of anilines is 1. The Morgan fingerprint density at radius 2 is 2.06 bits per heavy atom. The zero-order chi connectivity index (χ0) is 13.1. The topological polar surface area (TPSA) is 94.3 Å². The summed E-state index contributed by atoms with van der Waals surface area (Å²) in [6.45, 7) is 0. The number of hydrogen-bond donors (Lipinski definition) is 1. The smallest absolute Gasteiger partial charge is 0.172 e. The minimum atomic E-state index is 0.258. The zero-order valence-corrected chi connectivity index (χ0v) is 9.93. The predicted molar refractivity (Wildman–Crippen MR) is 64.2 cm³/mol. The van der Waals surface area contributed by atoms with E-state index in [0.717, 1.165) is 0 Å². The van der Waals surface area contributed by atoms with E-state index in [1.807, 2.05) is 6.07 Å². The average molecular weight is 245 g/mol. The fraction of sp³-hybridized carbons (Fsp3) is 0.167. The second-order valence-electron chi connectivity index (χ2n) is 3.49. The van der Waals surface area contributed by atoms with Crippen molar-refractivity contribution in [3.63, 3.8) is 0 Å². The Morgan fingerprint density at radius 3 is 2.56 bits per heavy atom. The normalized spacial score (nSPS) is 9.83. The molecule has 0 aliphatic carbocycles. The highest BCUT2D eigenvalue weighted by atomic mass is 16.5. The molecule has 2 N–H and O–H groups in total. The Kier molecular flexibility index (Phi) is 3.06. The molecule has 0 spiro atoms. The molecule has 0 fully saturated rings. The SMILES string of the molecule is COc1cc(C#N)cc(-c2cc(N)no2)c1OC. The molecule has 0 unspecified atom stereocenters. The number of benzene rings is 1. The van der Waals surface area contributed by atoms with E-state index < -0.39 is 0 Å². The average Bonchev–Trinajstić information content (AvgIpc) is 2.83. The van der Waals surface area contributed by atoms with Crippen LogP contribution >= 0.6 is 0 Å². The zero-order valence-electron chi connectivity index (χ0n) is 9.93. The molecule has 6 heteroatoms. The predicted octanol–water partition coefficient (Wildman–Crippen LogP) is 1.81. The number of ether oxygens (including phenoxy) is 2. The maximum atomic E-state index is 8.98. The van der Waals surface area contributed by atoms with Crippen molar-refractivity contribution in [1.82, 2.24) is 5.16 Å². The van der Waals surface area contributed by atoms with E-state index in [1.165, 1.54) is 14.2 Å². The van der Waals surface area contributed by atoms with Crippen LogP contribution in [0.3, 0.4) is 0 Å². The summed E-state index contributed by atoms with van der Waals surface area (Å²) in [6, 6.07) is 6.81. The largest absolute Gasteiger partial charge is 0.493 e. The van der Waals surface area contributed by atoms with E-state index in [9.17, 15) is 0 Å². The lowest BCUT2D eigenvalue weighted by Crippen LogP contribution is -1.94. The van der Waals surface area contributed by atoms with Gasteiger partial charge >= 0.3 is 0 Å². The van der Waals surface area contributed by atoms with Crippen molar-refractivity contribution in [2.24, 2.45) is 0 Å². The van der Waals surface area contributed by atoms with Crippen molar-refractivity contribution in [2.45, 2.75) is 0 Å². The van der Waals surface area contributed by atoms with Crippen LogP contribution in [-0.2, 0) is 0 Å². The van der Waals surface area contributed by atoms with Gasteiger partial charge in [-0.1, -0.05) is 5.16 Å². The molecule has 0 atom stereocenters. The number of nitriles is 1. The Balaban J connectivity index is 2.68. The lowest BCUT2D eigenvalue weighted by atomic mass is 10.1. The fourth-order valence-electron chi connectivity index (χ4n) is 1.63. The molecule has 2 aromatic rings. The van der Waals surface area contributed by atoms with Crippen molar-refractivity contribution in [2.75, 3.05) is 20.0 Å². The molecule has 2 rings (SSSR count). The third-order valence-electron chi connectivity index (χ3n) is 2.40. The molecule has 92 valence electrons. The summed E-state index contributed by atoms with van der Waals surface area (Å²) in [5.41, 5.74) is 6.50. The minimum absolute atomic E-state index is 0.258. The molecule has 1 heterocycles. The first-order valence-corrected chi connectivity index (χ1v) is 5.08. The van der Waals surface area contributed by atoms with Gasteiger partial charge in [-0.15, -0.1) is 0 Å². The Hall–Kier alpha value is -2.68. The highest BCUT2D eigenvalue weighted by molar-refractivity contribution is 5.73. The summed E-state index contributed by atoms with van der Waals surface area (Å²) in [6.07, 6.45) is 0. The summed E-state index contributed by atoms with van der Waals surface area (Å²) < 4.78 is 15.5. The van der Waals surface area contributed by atoms with E-state index >= 15 is 0 Å². The molecule has 0 radical (unpaired) electrons. The molecule has 1 aromatic heterocycles. The number of nitrogens with zero attached hydrogens (tertiary/aromatic N) is 2. The molecule has 18 heavy (non-hydrogen) atoms. The van der Waals surface area contributed by atoms with Gasteiger partial charge in [-0.25, -0.2) is 0 Å². The molecule has 0 saturated carbocycles. The molecular formula is C12H11N3O3. The molecule has 0 amide bonds. The summed E-state index contributed by atoms with van der Waals surface area (Å²) in [4.78, 5) is 0. The molecule has 0 saturated heterocycles. The van der Waals surface area contributed by atoms with Gasteiger partial charge in [0.05, 0.1) is 31.4 Å². The van der Waals surface area contributed by atoms with E-state index in [4.69, 9.17) is 25.0 Å². The first-order valence-electron chi connectivity index (χ1n) is 5.08. The minimum Gasteiger partial charge on any atom is -0.493 e. The van der Waals surface area contributed by atoms with Gasteiger partial charge in [-0.2, -0.15) is 5.26 Å². The molecule has 1 aromatic carbocycles. The van der Waals surface area contributed by atoms with Gasteiger partial charge < -0.3 is 19.7 Å². The first-order chi connectivity index (χ1) is 8.69. The standard InChI is InChI=1S/C12H11N3O3/c1-16-10-4-7(6-13)3-8(12(10)17-2)9-5-11(14)15-18-9/h3-5H,1-2H3,(H2,14,15). The van der Waals surface area contributed by atoms with Gasteiger partial charge in [0.2, 0.25) is 0 Å². The number of hydrogen-bond acceptors (Lipinski definition) is 6. The number of methoxy groups -OCH3 is 2. The molecule has 0 bridgehead atoms. The summed E-state index contributed by atoms with van der Waals surface area (Å²) in [5, 5.41) is 12.6. The van der Waals surface area contributed by atoms with Crippen molar-refractivity contribution in [1.29, 1.82) is 5.26 Å². The van der Waals surface area contributed by atoms with Crippen LogP contribution < -0.4 is 15.2 Å². The lowest BCUT2D eigenvalue weighted by Gasteiger charge is -2.11. The summed E-state index contributed by atoms with van der Waals surface area (Å²) in [7, 11) is 3.00. The van der Waals surface area contributed by atoms with Gasteiger partial charge in [0.1, 0.15) is 0 Å². The van der Waals surface area contributed by atoms with E-state index in [1.54, 1.807) is 18.2 Å². The third-order valence-corrected chi connectivity index (χ3v) is 2.40. The van der Waals surface area contributed by atoms with Crippen LogP contribution in [0.4, 0.5) is 5.82 Å². The summed E-state index contributed by atoms with van der Waals surface area (Å²) >= 11 is 0. The first kappa shape index (κ1) is 11.8. The van der Waals surface area contributed by atoms with Crippen molar-refractivity contribution in [3.8, 4) is 28.9 Å². The van der Waals surface area contributed by atoms with Gasteiger partial charge in [0.25, 0.3) is 0 Å². The fourth-order valence-corrected chi connectivity index (χ4v) is 1.63. The lowest BCUT2D eigenvalue weighted by molar-refractivity contribution is 0.354. The third kappa shape index (κ3) is 1.94. The summed E-state index contributed by atoms with van der Waals surface area (Å²) in [5.74, 6) is 1.59. The maximum absolute atomic E-state index is 8.98. The van der Waals surface area contributed by atoms with Crippen LogP contribution in [0.2, 0.25) is 0 Å². The Labute approximate surface area is 104 Å². The van der Waals surface area contributed by atoms with Crippen LogP contribution in [0.25, 0.3) is 11.3 Å². The van der Waals surface area contributed by atoms with Gasteiger partial charge in [0, 0.05) is 12.1 Å². The van der Waals surface area contributed by atoms with E-state index in [-0.39, 0.29) is 5.82 Å².